The second-order valence-electron chi connectivity index (χ2n) is 1.22. The Bertz CT molecular complexity index is 80.1. The summed E-state index contributed by atoms with van der Waals surface area (Å²) in [6, 6.07) is 0. The molecule has 1 atom stereocenters. The molecule has 0 aromatic heterocycles. The van der Waals surface area contributed by atoms with Crippen molar-refractivity contribution in [1.82, 2.24) is 0 Å². The van der Waals surface area contributed by atoms with Gasteiger partial charge in [-0.15, -0.1) is 0 Å². The van der Waals surface area contributed by atoms with Gasteiger partial charge in [-0.25, -0.2) is 4.79 Å². The summed E-state index contributed by atoms with van der Waals surface area (Å²) < 4.78 is 4.05. The molecule has 0 aliphatic rings. The van der Waals surface area contributed by atoms with Crippen molar-refractivity contribution in [2.75, 3.05) is 13.7 Å². The zero-order chi connectivity index (χ0) is 6.57. The minimum Gasteiger partial charge on any atom is -0.467 e. The zero-order valence-corrected chi connectivity index (χ0v) is 4.50. The van der Waals surface area contributed by atoms with Gasteiger partial charge in [-0.3, -0.25) is 0 Å². The first-order valence-electron chi connectivity index (χ1n) is 2.09. The van der Waals surface area contributed by atoms with Crippen LogP contribution in [0.2, 0.25) is 0 Å². The van der Waals surface area contributed by atoms with Crippen LogP contribution in [0.1, 0.15) is 0 Å². The first kappa shape index (κ1) is 7.39. The number of hydrogen-bond donors (Lipinski definition) is 2. The van der Waals surface area contributed by atoms with Crippen LogP contribution in [0.3, 0.4) is 0 Å². The molecular formula is C4H8O4. The van der Waals surface area contributed by atoms with Crippen molar-refractivity contribution in [1.29, 1.82) is 0 Å². The zero-order valence-electron chi connectivity index (χ0n) is 4.50. The molecule has 2 N–H and O–H groups in total. The second kappa shape index (κ2) is 3.40. The van der Waals surface area contributed by atoms with Gasteiger partial charge >= 0.3 is 5.97 Å². The summed E-state index contributed by atoms with van der Waals surface area (Å²) in [5.74, 6) is -0.812. The SMILES string of the molecule is COC(=O)[C@H](O)CO. The Morgan fingerprint density at radius 2 is 2.38 bits per heavy atom. The van der Waals surface area contributed by atoms with E-state index in [-0.39, 0.29) is 0 Å². The lowest BCUT2D eigenvalue weighted by molar-refractivity contribution is -0.152. The van der Waals surface area contributed by atoms with E-state index in [0.29, 0.717) is 0 Å². The summed E-state index contributed by atoms with van der Waals surface area (Å²) in [5.41, 5.74) is 0. The Kier molecular flexibility index (Phi) is 3.14. The molecule has 0 fully saturated rings. The molecule has 48 valence electrons. The molecular weight excluding hydrogens is 112 g/mol. The van der Waals surface area contributed by atoms with Crippen molar-refractivity contribution in [2.45, 2.75) is 6.10 Å². The van der Waals surface area contributed by atoms with Crippen LogP contribution in [0.25, 0.3) is 0 Å². The highest BCUT2D eigenvalue weighted by atomic mass is 16.5. The van der Waals surface area contributed by atoms with Gasteiger partial charge in [0.2, 0.25) is 0 Å². The Morgan fingerprint density at radius 1 is 1.88 bits per heavy atom. The van der Waals surface area contributed by atoms with E-state index in [0.717, 1.165) is 7.11 Å². The van der Waals surface area contributed by atoms with Crippen LogP contribution in [0.4, 0.5) is 0 Å². The molecule has 0 aliphatic carbocycles. The molecule has 0 amide bonds. The molecule has 0 spiro atoms. The van der Waals surface area contributed by atoms with Crippen molar-refractivity contribution in [3.8, 4) is 0 Å². The fraction of sp³-hybridized carbons (Fsp3) is 0.750. The lowest BCUT2D eigenvalue weighted by atomic mass is 10.4. The minimum absolute atomic E-state index is 0.591. The quantitative estimate of drug-likeness (QED) is 0.436. The molecule has 0 bridgehead atoms. The van der Waals surface area contributed by atoms with E-state index in [1.165, 1.54) is 0 Å². The number of carbonyl (C=O) groups excluding carboxylic acids is 1. The van der Waals surface area contributed by atoms with E-state index in [9.17, 15) is 4.79 Å². The van der Waals surface area contributed by atoms with Crippen molar-refractivity contribution in [2.24, 2.45) is 0 Å². The summed E-state index contributed by atoms with van der Waals surface area (Å²) in [4.78, 5) is 10.1. The third-order valence-electron chi connectivity index (χ3n) is 0.646. The lowest BCUT2D eigenvalue weighted by Crippen LogP contribution is -2.25. The largest absolute Gasteiger partial charge is 0.467 e. The molecule has 0 aromatic rings. The smallest absolute Gasteiger partial charge is 0.337 e. The van der Waals surface area contributed by atoms with Gasteiger partial charge < -0.3 is 14.9 Å². The average Bonchev–Trinajstić information content (AvgIpc) is 1.84. The van der Waals surface area contributed by atoms with Gasteiger partial charge in [-0.05, 0) is 0 Å². The molecule has 0 saturated carbocycles. The van der Waals surface area contributed by atoms with Gasteiger partial charge in [0.15, 0.2) is 6.10 Å². The van der Waals surface area contributed by atoms with E-state index in [1.807, 2.05) is 0 Å². The number of methoxy groups -OCH3 is 1. The molecule has 4 heteroatoms. The minimum atomic E-state index is -1.39. The summed E-state index contributed by atoms with van der Waals surface area (Å²) in [5, 5.41) is 16.5. The Hall–Kier alpha value is -0.610. The highest BCUT2D eigenvalue weighted by Gasteiger charge is 2.11. The van der Waals surface area contributed by atoms with E-state index < -0.39 is 18.7 Å². The molecule has 0 rings (SSSR count). The van der Waals surface area contributed by atoms with Gasteiger partial charge in [0, 0.05) is 0 Å². The molecule has 4 nitrogen and oxygen atoms in total. The molecule has 0 radical (unpaired) electrons. The van der Waals surface area contributed by atoms with Crippen LogP contribution in [-0.4, -0.2) is 36.0 Å². The van der Waals surface area contributed by atoms with Crippen molar-refractivity contribution in [3.05, 3.63) is 0 Å². The molecule has 0 saturated heterocycles. The molecule has 0 aromatic carbocycles. The summed E-state index contributed by atoms with van der Waals surface area (Å²) in [6.45, 7) is -0.591. The topological polar surface area (TPSA) is 66.8 Å². The maximum absolute atomic E-state index is 10.1. The second-order valence-corrected chi connectivity index (χ2v) is 1.22. The predicted octanol–water partition coefficient (Wildman–Crippen LogP) is -1.49. The maximum atomic E-state index is 10.1. The fourth-order valence-corrected chi connectivity index (χ4v) is 0.211. The van der Waals surface area contributed by atoms with Crippen molar-refractivity contribution >= 4 is 5.97 Å². The lowest BCUT2D eigenvalue weighted by Gasteiger charge is -2.01. The summed E-state index contributed by atoms with van der Waals surface area (Å²) >= 11 is 0. The molecule has 0 aliphatic heterocycles. The van der Waals surface area contributed by atoms with Crippen molar-refractivity contribution < 1.29 is 19.7 Å². The van der Waals surface area contributed by atoms with Crippen molar-refractivity contribution in [3.63, 3.8) is 0 Å². The van der Waals surface area contributed by atoms with Crippen LogP contribution in [0.15, 0.2) is 0 Å². The fourth-order valence-electron chi connectivity index (χ4n) is 0.211. The first-order chi connectivity index (χ1) is 3.72. The van der Waals surface area contributed by atoms with E-state index in [2.05, 4.69) is 4.74 Å². The Morgan fingerprint density at radius 3 is 2.50 bits per heavy atom. The van der Waals surface area contributed by atoms with Crippen LogP contribution < -0.4 is 0 Å². The van der Waals surface area contributed by atoms with E-state index >= 15 is 0 Å². The third kappa shape index (κ3) is 1.90. The Balaban J connectivity index is 3.46. The first-order valence-corrected chi connectivity index (χ1v) is 2.09. The number of carbonyl (C=O) groups is 1. The van der Waals surface area contributed by atoms with Gasteiger partial charge in [0.1, 0.15) is 0 Å². The predicted molar refractivity (Wildman–Crippen MR) is 25.1 cm³/mol. The summed E-state index contributed by atoms with van der Waals surface area (Å²) in [7, 11) is 1.14. The Labute approximate surface area is 46.7 Å². The number of hydrogen-bond acceptors (Lipinski definition) is 4. The monoisotopic (exact) mass is 120 g/mol. The van der Waals surface area contributed by atoms with E-state index in [1.54, 1.807) is 0 Å². The van der Waals surface area contributed by atoms with Gasteiger partial charge in [0.05, 0.1) is 13.7 Å². The van der Waals surface area contributed by atoms with Gasteiger partial charge in [-0.2, -0.15) is 0 Å². The standard InChI is InChI=1S/C4H8O4/c1-8-4(7)3(6)2-5/h3,5-6H,2H2,1H3/t3-/m1/s1. The van der Waals surface area contributed by atoms with Crippen LogP contribution in [0, 0.1) is 0 Å². The highest BCUT2D eigenvalue weighted by Crippen LogP contribution is 1.82. The van der Waals surface area contributed by atoms with Crippen LogP contribution >= 0.6 is 0 Å². The normalized spacial score (nSPS) is 12.9. The number of aliphatic hydroxyl groups is 2. The number of rotatable bonds is 2. The summed E-state index contributed by atoms with van der Waals surface area (Å²) in [6.07, 6.45) is -1.39. The molecule has 8 heavy (non-hydrogen) atoms. The van der Waals surface area contributed by atoms with Gasteiger partial charge in [-0.1, -0.05) is 0 Å². The maximum Gasteiger partial charge on any atom is 0.337 e. The van der Waals surface area contributed by atoms with E-state index in [4.69, 9.17) is 10.2 Å². The number of esters is 1. The van der Waals surface area contributed by atoms with Gasteiger partial charge in [0.25, 0.3) is 0 Å². The highest BCUT2D eigenvalue weighted by molar-refractivity contribution is 5.74. The molecule has 0 unspecified atom stereocenters. The number of aliphatic hydroxyl groups excluding tert-OH is 2. The number of ether oxygens (including phenoxy) is 1. The average molecular weight is 120 g/mol. The third-order valence-corrected chi connectivity index (χ3v) is 0.646. The molecule has 0 heterocycles. The van der Waals surface area contributed by atoms with Crippen LogP contribution in [-0.2, 0) is 9.53 Å². The van der Waals surface area contributed by atoms with Crippen LogP contribution in [0.5, 0.6) is 0 Å².